The third-order valence-corrected chi connectivity index (χ3v) is 3.64. The quantitative estimate of drug-likeness (QED) is 0.661. The second kappa shape index (κ2) is 5.69. The summed E-state index contributed by atoms with van der Waals surface area (Å²) in [4.78, 5) is 4.29. The summed E-state index contributed by atoms with van der Waals surface area (Å²) in [7, 11) is -1.64. The van der Waals surface area contributed by atoms with E-state index in [9.17, 15) is 10.0 Å². The summed E-state index contributed by atoms with van der Waals surface area (Å²) in [6.45, 7) is 1.79. The average molecular weight is 316 g/mol. The Labute approximate surface area is 125 Å². The average Bonchev–Trinajstić information content (AvgIpc) is 2.33. The first-order valence-corrected chi connectivity index (χ1v) is 6.52. The molecule has 2 rings (SSSR count). The molecule has 0 bridgehead atoms. The van der Waals surface area contributed by atoms with Crippen molar-refractivity contribution < 1.29 is 10.0 Å². The number of nitrogens with zero attached hydrogens (tertiary/aromatic N) is 1. The maximum atomic E-state index is 9.38. The van der Waals surface area contributed by atoms with Crippen molar-refractivity contribution >= 4 is 47.4 Å². The molecule has 0 fully saturated rings. The van der Waals surface area contributed by atoms with E-state index >= 15 is 0 Å². The van der Waals surface area contributed by atoms with Gasteiger partial charge in [-0.1, -0.05) is 40.9 Å². The van der Waals surface area contributed by atoms with Gasteiger partial charge in [-0.2, -0.15) is 0 Å². The maximum absolute atomic E-state index is 9.38. The summed E-state index contributed by atoms with van der Waals surface area (Å²) in [5.74, 6) is 0. The molecule has 2 N–H and O–H groups in total. The molecule has 0 aliphatic carbocycles. The molecule has 0 atom stereocenters. The Hall–Kier alpha value is -0.775. The van der Waals surface area contributed by atoms with Crippen LogP contribution in [-0.2, 0) is 0 Å². The minimum absolute atomic E-state index is 0.255. The lowest BCUT2D eigenvalue weighted by Crippen LogP contribution is -2.32. The molecule has 1 aromatic carbocycles. The molecule has 2 aromatic rings. The van der Waals surface area contributed by atoms with Crippen LogP contribution in [0.1, 0.15) is 5.69 Å². The Morgan fingerprint density at radius 3 is 2.26 bits per heavy atom. The molecule has 0 radical (unpaired) electrons. The van der Waals surface area contributed by atoms with E-state index < -0.39 is 7.12 Å². The molecular weight excluding hydrogens is 307 g/mol. The lowest BCUT2D eigenvalue weighted by Gasteiger charge is -2.11. The van der Waals surface area contributed by atoms with Crippen LogP contribution in [0, 0.1) is 6.92 Å². The van der Waals surface area contributed by atoms with E-state index in [0.29, 0.717) is 26.3 Å². The van der Waals surface area contributed by atoms with Gasteiger partial charge in [0, 0.05) is 16.7 Å². The van der Waals surface area contributed by atoms with Gasteiger partial charge in [0.2, 0.25) is 0 Å². The normalized spacial score (nSPS) is 10.6. The molecule has 0 saturated carbocycles. The lowest BCUT2D eigenvalue weighted by molar-refractivity contribution is 0.426. The lowest BCUT2D eigenvalue weighted by atomic mass is 9.77. The highest BCUT2D eigenvalue weighted by molar-refractivity contribution is 6.60. The molecule has 0 spiro atoms. The molecule has 0 aliphatic rings. The fourth-order valence-corrected chi connectivity index (χ4v) is 2.33. The Morgan fingerprint density at radius 2 is 1.63 bits per heavy atom. The second-order valence-corrected chi connectivity index (χ2v) is 5.23. The van der Waals surface area contributed by atoms with E-state index in [-0.39, 0.29) is 5.46 Å². The molecule has 3 nitrogen and oxygen atoms in total. The fourth-order valence-electron chi connectivity index (χ4n) is 1.70. The molecule has 1 aromatic heterocycles. The van der Waals surface area contributed by atoms with E-state index in [2.05, 4.69) is 4.98 Å². The number of hydrogen-bond acceptors (Lipinski definition) is 3. The van der Waals surface area contributed by atoms with Crippen LogP contribution in [0.3, 0.4) is 0 Å². The van der Waals surface area contributed by atoms with Gasteiger partial charge in [-0.15, -0.1) is 0 Å². The molecule has 19 heavy (non-hydrogen) atoms. The number of benzene rings is 1. The molecule has 7 heteroatoms. The zero-order chi connectivity index (χ0) is 14.2. The van der Waals surface area contributed by atoms with Crippen LogP contribution < -0.4 is 5.46 Å². The van der Waals surface area contributed by atoms with Crippen molar-refractivity contribution in [2.24, 2.45) is 0 Å². The molecular formula is C12H9BCl3NO2. The Bertz CT molecular complexity index is 635. The Kier molecular flexibility index (Phi) is 4.38. The zero-order valence-corrected chi connectivity index (χ0v) is 12.1. The number of halogens is 3. The van der Waals surface area contributed by atoms with Crippen molar-refractivity contribution in [1.29, 1.82) is 0 Å². The van der Waals surface area contributed by atoms with Crippen LogP contribution in [0.5, 0.6) is 0 Å². The van der Waals surface area contributed by atoms with E-state index in [1.165, 1.54) is 6.07 Å². The highest BCUT2D eigenvalue weighted by atomic mass is 35.5. The third kappa shape index (κ3) is 3.04. The molecule has 0 saturated heterocycles. The van der Waals surface area contributed by atoms with Gasteiger partial charge in [0.1, 0.15) is 0 Å². The van der Waals surface area contributed by atoms with Crippen molar-refractivity contribution in [2.45, 2.75) is 6.92 Å². The second-order valence-electron chi connectivity index (χ2n) is 4.01. The van der Waals surface area contributed by atoms with Gasteiger partial charge in [0.05, 0.1) is 20.8 Å². The number of rotatable bonds is 2. The summed E-state index contributed by atoms with van der Waals surface area (Å²) in [5.41, 5.74) is 1.86. The zero-order valence-electron chi connectivity index (χ0n) is 9.86. The number of pyridine rings is 1. The first kappa shape index (κ1) is 14.6. The van der Waals surface area contributed by atoms with Crippen LogP contribution in [0.2, 0.25) is 15.1 Å². The van der Waals surface area contributed by atoms with Gasteiger partial charge in [-0.3, -0.25) is 4.98 Å². The maximum Gasteiger partial charge on any atom is 0.490 e. The van der Waals surface area contributed by atoms with E-state index in [1.54, 1.807) is 25.1 Å². The predicted molar refractivity (Wildman–Crippen MR) is 79.3 cm³/mol. The monoisotopic (exact) mass is 315 g/mol. The predicted octanol–water partition coefficient (Wildman–Crippen LogP) is 2.70. The van der Waals surface area contributed by atoms with Gasteiger partial charge in [0.15, 0.2) is 0 Å². The van der Waals surface area contributed by atoms with Crippen LogP contribution in [0.15, 0.2) is 24.3 Å². The minimum Gasteiger partial charge on any atom is -0.423 e. The standard InChI is InChI=1S/C12H9BCl3NO2/c1-6-2-3-8(13(18)19)12(17-6)7-4-10(15)11(16)5-9(7)14/h2-5,18-19H,1H3. The molecule has 0 amide bonds. The number of hydrogen-bond donors (Lipinski definition) is 2. The van der Waals surface area contributed by atoms with E-state index in [0.717, 1.165) is 5.69 Å². The highest BCUT2D eigenvalue weighted by Crippen LogP contribution is 2.34. The van der Waals surface area contributed by atoms with Gasteiger partial charge in [0.25, 0.3) is 0 Å². The SMILES string of the molecule is Cc1ccc(B(O)O)c(-c2cc(Cl)c(Cl)cc2Cl)n1. The topological polar surface area (TPSA) is 53.4 Å². The minimum atomic E-state index is -1.64. The van der Waals surface area contributed by atoms with Gasteiger partial charge < -0.3 is 10.0 Å². The van der Waals surface area contributed by atoms with Crippen LogP contribution in [0.4, 0.5) is 0 Å². The van der Waals surface area contributed by atoms with E-state index in [1.807, 2.05) is 0 Å². The largest absolute Gasteiger partial charge is 0.490 e. The molecule has 0 aliphatic heterocycles. The summed E-state index contributed by atoms with van der Waals surface area (Å²) in [6, 6.07) is 6.32. The van der Waals surface area contributed by atoms with Crippen molar-refractivity contribution in [3.8, 4) is 11.3 Å². The first-order chi connectivity index (χ1) is 8.90. The van der Waals surface area contributed by atoms with Crippen LogP contribution >= 0.6 is 34.8 Å². The van der Waals surface area contributed by atoms with Crippen molar-refractivity contribution in [3.63, 3.8) is 0 Å². The Balaban J connectivity index is 2.71. The van der Waals surface area contributed by atoms with Gasteiger partial charge in [-0.25, -0.2) is 0 Å². The molecule has 1 heterocycles. The smallest absolute Gasteiger partial charge is 0.423 e. The summed E-state index contributed by atoms with van der Waals surface area (Å²) in [5, 5.41) is 19.8. The number of aryl methyl sites for hydroxylation is 1. The summed E-state index contributed by atoms with van der Waals surface area (Å²) >= 11 is 18.0. The van der Waals surface area contributed by atoms with Crippen LogP contribution in [-0.4, -0.2) is 22.2 Å². The molecule has 0 unspecified atom stereocenters. The van der Waals surface area contributed by atoms with Crippen molar-refractivity contribution in [1.82, 2.24) is 4.98 Å². The van der Waals surface area contributed by atoms with E-state index in [4.69, 9.17) is 34.8 Å². The first-order valence-electron chi connectivity index (χ1n) is 5.38. The van der Waals surface area contributed by atoms with Gasteiger partial charge >= 0.3 is 7.12 Å². The van der Waals surface area contributed by atoms with Gasteiger partial charge in [-0.05, 0) is 25.1 Å². The van der Waals surface area contributed by atoms with Crippen molar-refractivity contribution in [3.05, 3.63) is 45.0 Å². The van der Waals surface area contributed by atoms with Crippen molar-refractivity contribution in [2.75, 3.05) is 0 Å². The Morgan fingerprint density at radius 1 is 1.00 bits per heavy atom. The number of aromatic nitrogens is 1. The summed E-state index contributed by atoms with van der Waals surface area (Å²) in [6.07, 6.45) is 0. The third-order valence-electron chi connectivity index (χ3n) is 2.61. The molecule has 98 valence electrons. The summed E-state index contributed by atoms with van der Waals surface area (Å²) < 4.78 is 0. The highest BCUT2D eigenvalue weighted by Gasteiger charge is 2.20. The fraction of sp³-hybridized carbons (Fsp3) is 0.0833. The van der Waals surface area contributed by atoms with Crippen LogP contribution in [0.25, 0.3) is 11.3 Å².